The second-order valence-corrected chi connectivity index (χ2v) is 7.48. The van der Waals surface area contributed by atoms with Crippen molar-refractivity contribution in [2.45, 2.75) is 11.3 Å². The van der Waals surface area contributed by atoms with E-state index in [-0.39, 0.29) is 36.1 Å². The largest absolute Gasteiger partial charge is 0.495 e. The molecule has 0 aliphatic carbocycles. The molecule has 0 atom stereocenters. The SMILES string of the molecule is COc1cccc2c1N(S(=O)(=O)c1ccc3c(c1)OCO3)CCC2=O. The molecule has 2 aromatic rings. The van der Waals surface area contributed by atoms with Crippen LogP contribution >= 0.6 is 0 Å². The number of rotatable bonds is 3. The number of carbonyl (C=O) groups excluding carboxylic acids is 1. The lowest BCUT2D eigenvalue weighted by molar-refractivity contribution is 0.0981. The van der Waals surface area contributed by atoms with Crippen LogP contribution in [0.4, 0.5) is 5.69 Å². The Bertz CT molecular complexity index is 969. The van der Waals surface area contributed by atoms with Crippen molar-refractivity contribution in [3.8, 4) is 17.2 Å². The Kier molecular flexibility index (Phi) is 3.57. The Hall–Kier alpha value is -2.74. The number of nitrogens with zero attached hydrogens (tertiary/aromatic N) is 1. The van der Waals surface area contributed by atoms with Gasteiger partial charge < -0.3 is 14.2 Å². The topological polar surface area (TPSA) is 82.1 Å². The third-order valence-corrected chi connectivity index (χ3v) is 6.04. The number of ketones is 1. The highest BCUT2D eigenvalue weighted by Gasteiger charge is 2.35. The van der Waals surface area contributed by atoms with E-state index in [0.29, 0.717) is 22.8 Å². The second kappa shape index (κ2) is 5.66. The third-order valence-electron chi connectivity index (χ3n) is 4.24. The van der Waals surface area contributed by atoms with Crippen molar-refractivity contribution in [1.29, 1.82) is 0 Å². The van der Waals surface area contributed by atoms with Crippen LogP contribution in [0.15, 0.2) is 41.3 Å². The minimum Gasteiger partial charge on any atom is -0.495 e. The molecule has 2 aromatic carbocycles. The van der Waals surface area contributed by atoms with E-state index in [4.69, 9.17) is 14.2 Å². The molecule has 2 aliphatic heterocycles. The fraction of sp³-hybridized carbons (Fsp3) is 0.235. The van der Waals surface area contributed by atoms with Crippen LogP contribution in [0, 0.1) is 0 Å². The molecule has 0 unspecified atom stereocenters. The van der Waals surface area contributed by atoms with Crippen molar-refractivity contribution >= 4 is 21.5 Å². The van der Waals surface area contributed by atoms with Crippen molar-refractivity contribution in [3.63, 3.8) is 0 Å². The predicted molar refractivity (Wildman–Crippen MR) is 89.0 cm³/mol. The average Bonchev–Trinajstić information content (AvgIpc) is 3.09. The summed E-state index contributed by atoms with van der Waals surface area (Å²) in [5.41, 5.74) is 0.619. The van der Waals surface area contributed by atoms with Crippen molar-refractivity contribution in [3.05, 3.63) is 42.0 Å². The van der Waals surface area contributed by atoms with E-state index in [1.165, 1.54) is 23.5 Å². The van der Waals surface area contributed by atoms with Crippen LogP contribution in [0.1, 0.15) is 16.8 Å². The first-order valence-electron chi connectivity index (χ1n) is 7.65. The van der Waals surface area contributed by atoms with Gasteiger partial charge in [0.15, 0.2) is 17.3 Å². The van der Waals surface area contributed by atoms with E-state index in [0.717, 1.165) is 0 Å². The Labute approximate surface area is 144 Å². The summed E-state index contributed by atoms with van der Waals surface area (Å²) < 4.78 is 43.4. The van der Waals surface area contributed by atoms with E-state index < -0.39 is 10.0 Å². The van der Waals surface area contributed by atoms with Crippen molar-refractivity contribution in [2.24, 2.45) is 0 Å². The first-order chi connectivity index (χ1) is 12.0. The number of hydrogen-bond acceptors (Lipinski definition) is 6. The third kappa shape index (κ3) is 2.41. The molecule has 0 fully saturated rings. The first-order valence-corrected chi connectivity index (χ1v) is 9.09. The second-order valence-electron chi connectivity index (χ2n) is 5.62. The van der Waals surface area contributed by atoms with Gasteiger partial charge in [0.2, 0.25) is 6.79 Å². The highest BCUT2D eigenvalue weighted by Crippen LogP contribution is 2.41. The summed E-state index contributed by atoms with van der Waals surface area (Å²) in [4.78, 5) is 12.3. The van der Waals surface area contributed by atoms with Gasteiger partial charge in [-0.25, -0.2) is 8.42 Å². The monoisotopic (exact) mass is 361 g/mol. The molecule has 4 rings (SSSR count). The van der Waals surface area contributed by atoms with E-state index >= 15 is 0 Å². The predicted octanol–water partition coefficient (Wildman–Crippen LogP) is 2.21. The lowest BCUT2D eigenvalue weighted by atomic mass is 10.0. The number of fused-ring (bicyclic) bond motifs is 2. The zero-order chi connectivity index (χ0) is 17.6. The van der Waals surface area contributed by atoms with Crippen LogP contribution in [0.25, 0.3) is 0 Å². The number of methoxy groups -OCH3 is 1. The first kappa shape index (κ1) is 15.8. The standard InChI is InChI=1S/C17H15NO6S/c1-22-15-4-2-3-12-13(19)7-8-18(17(12)15)25(20,21)11-5-6-14-16(9-11)24-10-23-14/h2-6,9H,7-8,10H2,1H3. The molecular weight excluding hydrogens is 346 g/mol. The molecule has 7 nitrogen and oxygen atoms in total. The molecule has 0 saturated heterocycles. The molecule has 0 amide bonds. The van der Waals surface area contributed by atoms with Gasteiger partial charge in [0, 0.05) is 24.6 Å². The summed E-state index contributed by atoms with van der Waals surface area (Å²) in [6.07, 6.45) is 0.115. The molecule has 0 radical (unpaired) electrons. The van der Waals surface area contributed by atoms with Gasteiger partial charge in [0.05, 0.1) is 12.0 Å². The zero-order valence-electron chi connectivity index (χ0n) is 13.4. The van der Waals surface area contributed by atoms with Gasteiger partial charge in [-0.15, -0.1) is 0 Å². The molecule has 0 aromatic heterocycles. The Morgan fingerprint density at radius 1 is 1.12 bits per heavy atom. The Morgan fingerprint density at radius 2 is 1.92 bits per heavy atom. The minimum absolute atomic E-state index is 0.0585. The molecule has 0 saturated carbocycles. The van der Waals surface area contributed by atoms with Gasteiger partial charge in [-0.3, -0.25) is 9.10 Å². The number of carbonyl (C=O) groups is 1. The molecule has 0 spiro atoms. The zero-order valence-corrected chi connectivity index (χ0v) is 14.2. The molecule has 0 N–H and O–H groups in total. The highest BCUT2D eigenvalue weighted by atomic mass is 32.2. The molecule has 8 heteroatoms. The van der Waals surface area contributed by atoms with Crippen LogP contribution < -0.4 is 18.5 Å². The normalized spacial score (nSPS) is 15.9. The average molecular weight is 361 g/mol. The maximum Gasteiger partial charge on any atom is 0.264 e. The van der Waals surface area contributed by atoms with E-state index in [1.54, 1.807) is 24.3 Å². The number of benzene rings is 2. The molecule has 130 valence electrons. The summed E-state index contributed by atoms with van der Waals surface area (Å²) in [5.74, 6) is 1.13. The number of hydrogen-bond donors (Lipinski definition) is 0. The molecular formula is C17H15NO6S. The molecule has 25 heavy (non-hydrogen) atoms. The van der Waals surface area contributed by atoms with Crippen LogP contribution in [-0.4, -0.2) is 34.6 Å². The summed E-state index contributed by atoms with van der Waals surface area (Å²) in [5, 5.41) is 0. The van der Waals surface area contributed by atoms with E-state index in [2.05, 4.69) is 0 Å². The number of Topliss-reactive ketones (excluding diaryl/α,β-unsaturated/α-hetero) is 1. The molecule has 2 aliphatic rings. The maximum atomic E-state index is 13.2. The van der Waals surface area contributed by atoms with Gasteiger partial charge in [0.1, 0.15) is 11.4 Å². The Balaban J connectivity index is 1.85. The lowest BCUT2D eigenvalue weighted by Crippen LogP contribution is -2.37. The molecule has 0 bridgehead atoms. The van der Waals surface area contributed by atoms with Crippen molar-refractivity contribution in [2.75, 3.05) is 24.8 Å². The van der Waals surface area contributed by atoms with Gasteiger partial charge in [-0.1, -0.05) is 6.07 Å². The smallest absolute Gasteiger partial charge is 0.264 e. The van der Waals surface area contributed by atoms with Crippen LogP contribution in [0.5, 0.6) is 17.2 Å². The lowest BCUT2D eigenvalue weighted by Gasteiger charge is -2.31. The summed E-state index contributed by atoms with van der Waals surface area (Å²) in [6, 6.07) is 9.39. The Morgan fingerprint density at radius 3 is 2.72 bits per heavy atom. The summed E-state index contributed by atoms with van der Waals surface area (Å²) in [7, 11) is -2.44. The quantitative estimate of drug-likeness (QED) is 0.834. The van der Waals surface area contributed by atoms with Gasteiger partial charge in [-0.2, -0.15) is 0 Å². The van der Waals surface area contributed by atoms with Gasteiger partial charge in [0.25, 0.3) is 10.0 Å². The van der Waals surface area contributed by atoms with Crippen LogP contribution in [-0.2, 0) is 10.0 Å². The number of ether oxygens (including phenoxy) is 3. The highest BCUT2D eigenvalue weighted by molar-refractivity contribution is 7.92. The minimum atomic E-state index is -3.89. The number of anilines is 1. The fourth-order valence-electron chi connectivity index (χ4n) is 3.02. The van der Waals surface area contributed by atoms with Crippen LogP contribution in [0.2, 0.25) is 0 Å². The molecule has 2 heterocycles. The number of para-hydroxylation sites is 1. The fourth-order valence-corrected chi connectivity index (χ4v) is 4.53. The summed E-state index contributed by atoms with van der Waals surface area (Å²) >= 11 is 0. The van der Waals surface area contributed by atoms with Gasteiger partial charge in [-0.05, 0) is 24.3 Å². The maximum absolute atomic E-state index is 13.2. The number of sulfonamides is 1. The van der Waals surface area contributed by atoms with E-state index in [9.17, 15) is 13.2 Å². The van der Waals surface area contributed by atoms with Crippen molar-refractivity contribution < 1.29 is 27.4 Å². The summed E-state index contributed by atoms with van der Waals surface area (Å²) in [6.45, 7) is 0.122. The van der Waals surface area contributed by atoms with Crippen LogP contribution in [0.3, 0.4) is 0 Å². The van der Waals surface area contributed by atoms with E-state index in [1.807, 2.05) is 0 Å². The van der Waals surface area contributed by atoms with Gasteiger partial charge >= 0.3 is 0 Å². The van der Waals surface area contributed by atoms with Crippen molar-refractivity contribution in [1.82, 2.24) is 0 Å².